The van der Waals surface area contributed by atoms with Gasteiger partial charge in [-0.15, -0.1) is 0 Å². The molecule has 0 aliphatic heterocycles. The Morgan fingerprint density at radius 3 is 1.44 bits per heavy atom. The van der Waals surface area contributed by atoms with Crippen LogP contribution in [0.2, 0.25) is 0 Å². The summed E-state index contributed by atoms with van der Waals surface area (Å²) in [6.45, 7) is 0. The molecule has 0 nitrogen and oxygen atoms in total. The molecule has 0 amide bonds. The van der Waals surface area contributed by atoms with Gasteiger partial charge >= 0.3 is 0 Å². The van der Waals surface area contributed by atoms with Crippen LogP contribution in [0.25, 0.3) is 22.3 Å². The van der Waals surface area contributed by atoms with Crippen molar-refractivity contribution in [2.45, 2.75) is 0 Å². The molecule has 0 spiro atoms. The molecule has 222 valence electrons. The van der Waals surface area contributed by atoms with Crippen LogP contribution in [0.5, 0.6) is 0 Å². The first-order chi connectivity index (χ1) is 23.8. The van der Waals surface area contributed by atoms with E-state index in [9.17, 15) is 0 Å². The van der Waals surface area contributed by atoms with Crippen LogP contribution in [0.15, 0.2) is 210 Å². The second-order valence-corrected chi connectivity index (χ2v) is 10.7. The fourth-order valence-corrected chi connectivity index (χ4v) is 5.04. The van der Waals surface area contributed by atoms with Crippen molar-refractivity contribution < 1.29 is 0 Å². The van der Waals surface area contributed by atoms with Gasteiger partial charge in [0.1, 0.15) is 11.5 Å². The Bertz CT molecular complexity index is 2260. The lowest BCUT2D eigenvalue weighted by Crippen LogP contribution is -1.91. The minimum Gasteiger partial charge on any atom is -0.171 e. The third kappa shape index (κ3) is 8.39. The van der Waals surface area contributed by atoms with Crippen LogP contribution in [-0.2, 0) is 0 Å². The third-order valence-electron chi connectivity index (χ3n) is 7.40. The molecule has 0 fully saturated rings. The number of hydrogen-bond acceptors (Lipinski definition) is 0. The van der Waals surface area contributed by atoms with Crippen LogP contribution in [0.4, 0.5) is 0 Å². The largest absolute Gasteiger partial charge is 0.180 e. The Morgan fingerprint density at radius 2 is 0.896 bits per heavy atom. The summed E-state index contributed by atoms with van der Waals surface area (Å²) in [5.74, 6) is 6.43. The van der Waals surface area contributed by atoms with Crippen molar-refractivity contribution >= 4 is 22.3 Å². The molecular formula is C48H30. The van der Waals surface area contributed by atoms with Gasteiger partial charge in [0.15, 0.2) is 5.57 Å². The Balaban J connectivity index is 1.69. The average molecular weight is 607 g/mol. The lowest BCUT2D eigenvalue weighted by atomic mass is 9.91. The summed E-state index contributed by atoms with van der Waals surface area (Å²) in [6, 6.07) is 50.8. The van der Waals surface area contributed by atoms with E-state index in [1.807, 2.05) is 134 Å². The van der Waals surface area contributed by atoms with Crippen molar-refractivity contribution in [2.75, 3.05) is 0 Å². The summed E-state index contributed by atoms with van der Waals surface area (Å²) in [4.78, 5) is 0. The van der Waals surface area contributed by atoms with Gasteiger partial charge in [0.25, 0.3) is 0 Å². The Morgan fingerprint density at radius 1 is 0.458 bits per heavy atom. The summed E-state index contributed by atoms with van der Waals surface area (Å²) in [5.41, 5.74) is 26.1. The van der Waals surface area contributed by atoms with Gasteiger partial charge in [-0.25, -0.2) is 0 Å². The lowest BCUT2D eigenvalue weighted by Gasteiger charge is -2.08. The minimum atomic E-state index is 0.820. The number of rotatable bonds is 6. The molecule has 48 heavy (non-hydrogen) atoms. The van der Waals surface area contributed by atoms with E-state index in [2.05, 4.69) is 95.1 Å². The second kappa shape index (κ2) is 16.4. The van der Waals surface area contributed by atoms with Gasteiger partial charge in [-0.3, -0.25) is 0 Å². The standard InChI is InChI=1S/C48H30/c1-7-21-39(22-8-1)25-19-35-45(41-27-11-3-12-28-41)47(43-31-15-5-16-32-43)37-38-48(44-33-17-6-18-34-44)46(42-29-13-4-14-30-42)36-20-26-40-23-9-2-10-24-40/h1-18,21-24,27-34H. The molecule has 0 N–H and O–H groups in total. The molecule has 0 bridgehead atoms. The average Bonchev–Trinajstić information content (AvgIpc) is 3.17. The zero-order valence-electron chi connectivity index (χ0n) is 26.3. The highest BCUT2D eigenvalue weighted by Crippen LogP contribution is 2.32. The molecular weight excluding hydrogens is 577 g/mol. The quantitative estimate of drug-likeness (QED) is 0.0781. The topological polar surface area (TPSA) is 0 Å². The normalized spacial score (nSPS) is 11.1. The minimum absolute atomic E-state index is 0.820. The van der Waals surface area contributed by atoms with E-state index in [-0.39, 0.29) is 0 Å². The van der Waals surface area contributed by atoms with E-state index < -0.39 is 0 Å². The predicted molar refractivity (Wildman–Crippen MR) is 200 cm³/mol. The van der Waals surface area contributed by atoms with Crippen molar-refractivity contribution in [3.63, 3.8) is 0 Å². The fraction of sp³-hybridized carbons (Fsp3) is 0. The van der Waals surface area contributed by atoms with E-state index in [0.717, 1.165) is 55.7 Å². The third-order valence-corrected chi connectivity index (χ3v) is 7.40. The van der Waals surface area contributed by atoms with Gasteiger partial charge in [0, 0.05) is 16.7 Å². The Hall–Kier alpha value is -6.96. The molecule has 0 heterocycles. The van der Waals surface area contributed by atoms with Crippen LogP contribution in [0.3, 0.4) is 0 Å². The van der Waals surface area contributed by atoms with Gasteiger partial charge in [0.05, 0.1) is 23.1 Å². The van der Waals surface area contributed by atoms with Crippen molar-refractivity contribution in [2.24, 2.45) is 0 Å². The molecule has 0 radical (unpaired) electrons. The van der Waals surface area contributed by atoms with Crippen molar-refractivity contribution in [1.29, 1.82) is 0 Å². The van der Waals surface area contributed by atoms with Gasteiger partial charge in [-0.1, -0.05) is 132 Å². The molecule has 6 rings (SSSR count). The highest BCUT2D eigenvalue weighted by atomic mass is 14.1. The molecule has 0 saturated heterocycles. The first-order valence-corrected chi connectivity index (χ1v) is 15.7. The van der Waals surface area contributed by atoms with E-state index in [1.54, 1.807) is 0 Å². The van der Waals surface area contributed by atoms with E-state index in [1.165, 1.54) is 0 Å². The summed E-state index contributed by atoms with van der Waals surface area (Å²) >= 11 is 0. The van der Waals surface area contributed by atoms with Crippen LogP contribution in [0, 0.1) is 24.3 Å². The lowest BCUT2D eigenvalue weighted by molar-refractivity contribution is 1.57. The second-order valence-electron chi connectivity index (χ2n) is 10.7. The maximum absolute atomic E-state index is 3.59. The highest BCUT2D eigenvalue weighted by molar-refractivity contribution is 6.07. The molecule has 0 saturated carbocycles. The number of benzene rings is 5. The Labute approximate surface area is 283 Å². The summed E-state index contributed by atoms with van der Waals surface area (Å²) < 4.78 is 0. The van der Waals surface area contributed by atoms with E-state index >= 15 is 0 Å². The molecule has 5 aromatic carbocycles. The fourth-order valence-electron chi connectivity index (χ4n) is 5.04. The molecule has 1 aliphatic rings. The molecule has 0 atom stereocenters. The summed E-state index contributed by atoms with van der Waals surface area (Å²) in [7, 11) is 0. The zero-order chi connectivity index (χ0) is 32.6. The van der Waals surface area contributed by atoms with Gasteiger partial charge in [-0.2, -0.15) is 30.7 Å². The van der Waals surface area contributed by atoms with Gasteiger partial charge in [-0.05, 0) is 64.7 Å². The van der Waals surface area contributed by atoms with Crippen molar-refractivity contribution in [1.82, 2.24) is 0 Å². The van der Waals surface area contributed by atoms with Crippen LogP contribution in [0.1, 0.15) is 27.8 Å². The van der Waals surface area contributed by atoms with Crippen LogP contribution in [-0.4, -0.2) is 0 Å². The maximum atomic E-state index is 3.59. The number of allylic oxidation sites excluding steroid dienone is 10. The van der Waals surface area contributed by atoms with E-state index in [4.69, 9.17) is 0 Å². The smallest absolute Gasteiger partial charge is 0.171 e. The summed E-state index contributed by atoms with van der Waals surface area (Å²) in [6.07, 6.45) is 13.4. The molecule has 0 unspecified atom stereocenters. The molecule has 0 heteroatoms. The molecule has 1 aliphatic carbocycles. The maximum Gasteiger partial charge on any atom is 0.180 e. The number of hydrogen-bond donors (Lipinski definition) is 0. The van der Waals surface area contributed by atoms with Crippen LogP contribution < -0.4 is 0 Å². The Kier molecular flexibility index (Phi) is 10.6. The zero-order valence-corrected chi connectivity index (χ0v) is 26.3. The van der Waals surface area contributed by atoms with Gasteiger partial charge in [0.2, 0.25) is 0 Å². The molecule has 5 aromatic rings. The van der Waals surface area contributed by atoms with E-state index in [0.29, 0.717) is 0 Å². The SMILES string of the molecule is C(=C=C1C=C[CH-]C=C1)=C=C(C(=C=C=C(C(=[C+]C#Cc1ccccc1)c1ccccc1)c1ccccc1)c1ccccc1)c1ccccc1. The molecule has 0 aromatic heterocycles. The van der Waals surface area contributed by atoms with Crippen molar-refractivity contribution in [3.05, 3.63) is 251 Å². The van der Waals surface area contributed by atoms with Gasteiger partial charge < -0.3 is 0 Å². The predicted octanol–water partition coefficient (Wildman–Crippen LogP) is 11.1. The monoisotopic (exact) mass is 606 g/mol. The summed E-state index contributed by atoms with van der Waals surface area (Å²) in [5, 5.41) is 0. The van der Waals surface area contributed by atoms with Crippen molar-refractivity contribution in [3.8, 4) is 11.8 Å². The first kappa shape index (κ1) is 31.0. The van der Waals surface area contributed by atoms with Crippen LogP contribution >= 0.6 is 0 Å². The highest BCUT2D eigenvalue weighted by Gasteiger charge is 2.19. The first-order valence-electron chi connectivity index (χ1n) is 15.7.